The van der Waals surface area contributed by atoms with Gasteiger partial charge in [-0.1, -0.05) is 0 Å². The molecule has 2 rings (SSSR count). The van der Waals surface area contributed by atoms with Crippen molar-refractivity contribution in [2.24, 2.45) is 11.1 Å². The maximum Gasteiger partial charge on any atom is 0.231 e. The highest BCUT2D eigenvalue weighted by Gasteiger charge is 2.48. The van der Waals surface area contributed by atoms with Gasteiger partial charge in [-0.05, 0) is 51.0 Å². The van der Waals surface area contributed by atoms with Crippen LogP contribution in [0.4, 0.5) is 5.69 Å². The number of amides is 1. The Kier molecular flexibility index (Phi) is 3.57. The number of hydrogen-bond acceptors (Lipinski definition) is 3. The normalized spacial score (nSPS) is 16.4. The van der Waals surface area contributed by atoms with Crippen molar-refractivity contribution in [2.75, 3.05) is 11.9 Å². The number of hydrogen-bond donors (Lipinski definition) is 2. The first-order valence-electron chi connectivity index (χ1n) is 6.34. The van der Waals surface area contributed by atoms with Crippen molar-refractivity contribution in [1.29, 1.82) is 0 Å². The summed E-state index contributed by atoms with van der Waals surface area (Å²) in [5.74, 6) is 0.838. The number of ether oxygens (including phenoxy) is 1. The Morgan fingerprint density at radius 3 is 2.44 bits per heavy atom. The molecule has 0 radical (unpaired) electrons. The average molecular weight is 248 g/mol. The smallest absolute Gasteiger partial charge is 0.231 e. The van der Waals surface area contributed by atoms with E-state index in [1.54, 1.807) is 0 Å². The largest absolute Gasteiger partial charge is 0.491 e. The van der Waals surface area contributed by atoms with Gasteiger partial charge in [0.15, 0.2) is 0 Å². The molecule has 1 aliphatic rings. The van der Waals surface area contributed by atoms with Gasteiger partial charge < -0.3 is 15.8 Å². The molecule has 1 saturated carbocycles. The molecule has 0 atom stereocenters. The van der Waals surface area contributed by atoms with Gasteiger partial charge in [0.25, 0.3) is 0 Å². The topological polar surface area (TPSA) is 64.3 Å². The van der Waals surface area contributed by atoms with Crippen LogP contribution in [0, 0.1) is 5.41 Å². The van der Waals surface area contributed by atoms with Crippen LogP contribution in [-0.2, 0) is 4.79 Å². The fourth-order valence-corrected chi connectivity index (χ4v) is 1.83. The third kappa shape index (κ3) is 2.82. The van der Waals surface area contributed by atoms with Crippen molar-refractivity contribution in [2.45, 2.75) is 32.8 Å². The quantitative estimate of drug-likeness (QED) is 0.839. The Bertz CT molecular complexity index is 422. The summed E-state index contributed by atoms with van der Waals surface area (Å²) < 4.78 is 5.54. The molecule has 0 spiro atoms. The SMILES string of the molecule is CC(C)Oc1ccc(NC(=O)C2(CN)CC2)cc1. The van der Waals surface area contributed by atoms with E-state index in [1.807, 2.05) is 38.1 Å². The van der Waals surface area contributed by atoms with Crippen LogP contribution in [0.5, 0.6) is 5.75 Å². The van der Waals surface area contributed by atoms with E-state index in [9.17, 15) is 4.79 Å². The Morgan fingerprint density at radius 1 is 1.39 bits per heavy atom. The van der Waals surface area contributed by atoms with Crippen LogP contribution in [0.3, 0.4) is 0 Å². The highest BCUT2D eigenvalue weighted by atomic mass is 16.5. The molecule has 0 bridgehead atoms. The molecule has 18 heavy (non-hydrogen) atoms. The van der Waals surface area contributed by atoms with Crippen molar-refractivity contribution in [3.05, 3.63) is 24.3 Å². The van der Waals surface area contributed by atoms with Gasteiger partial charge in [-0.25, -0.2) is 0 Å². The number of rotatable bonds is 5. The molecule has 4 heteroatoms. The Labute approximate surface area is 108 Å². The number of benzene rings is 1. The molecule has 1 amide bonds. The zero-order valence-electron chi connectivity index (χ0n) is 10.9. The molecule has 1 aliphatic carbocycles. The van der Waals surface area contributed by atoms with Crippen LogP contribution in [0.2, 0.25) is 0 Å². The van der Waals surface area contributed by atoms with Gasteiger partial charge in [0.2, 0.25) is 5.91 Å². The fourth-order valence-electron chi connectivity index (χ4n) is 1.83. The Hall–Kier alpha value is -1.55. The maximum atomic E-state index is 12.0. The van der Waals surface area contributed by atoms with E-state index in [4.69, 9.17) is 10.5 Å². The van der Waals surface area contributed by atoms with Crippen LogP contribution >= 0.6 is 0 Å². The molecule has 3 N–H and O–H groups in total. The summed E-state index contributed by atoms with van der Waals surface area (Å²) in [7, 11) is 0. The molecular weight excluding hydrogens is 228 g/mol. The number of carbonyl (C=O) groups excluding carboxylic acids is 1. The summed E-state index contributed by atoms with van der Waals surface area (Å²) in [5.41, 5.74) is 6.10. The molecule has 0 saturated heterocycles. The fraction of sp³-hybridized carbons (Fsp3) is 0.500. The zero-order valence-corrected chi connectivity index (χ0v) is 10.9. The highest BCUT2D eigenvalue weighted by molar-refractivity contribution is 5.97. The van der Waals surface area contributed by atoms with Gasteiger partial charge in [0.1, 0.15) is 5.75 Å². The summed E-state index contributed by atoms with van der Waals surface area (Å²) in [5, 5.41) is 2.90. The van der Waals surface area contributed by atoms with Gasteiger partial charge in [-0.3, -0.25) is 4.79 Å². The lowest BCUT2D eigenvalue weighted by molar-refractivity contribution is -0.120. The van der Waals surface area contributed by atoms with Gasteiger partial charge in [0, 0.05) is 12.2 Å². The summed E-state index contributed by atoms with van der Waals surface area (Å²) >= 11 is 0. The minimum Gasteiger partial charge on any atom is -0.491 e. The molecular formula is C14H20N2O2. The summed E-state index contributed by atoms with van der Waals surface area (Å²) in [4.78, 5) is 12.0. The van der Waals surface area contributed by atoms with Gasteiger partial charge in [-0.2, -0.15) is 0 Å². The monoisotopic (exact) mass is 248 g/mol. The maximum absolute atomic E-state index is 12.0. The average Bonchev–Trinajstić information content (AvgIpc) is 3.12. The lowest BCUT2D eigenvalue weighted by atomic mass is 10.1. The summed E-state index contributed by atoms with van der Waals surface area (Å²) in [6.07, 6.45) is 1.94. The van der Waals surface area contributed by atoms with E-state index in [0.29, 0.717) is 6.54 Å². The van der Waals surface area contributed by atoms with Gasteiger partial charge in [-0.15, -0.1) is 0 Å². The number of nitrogens with two attached hydrogens (primary N) is 1. The third-order valence-corrected chi connectivity index (χ3v) is 3.21. The lowest BCUT2D eigenvalue weighted by Crippen LogP contribution is -2.30. The first kappa shape index (κ1) is 12.9. The van der Waals surface area contributed by atoms with Crippen molar-refractivity contribution < 1.29 is 9.53 Å². The van der Waals surface area contributed by atoms with E-state index in [0.717, 1.165) is 24.3 Å². The summed E-state index contributed by atoms with van der Waals surface area (Å²) in [6.45, 7) is 4.38. The predicted octanol–water partition coefficient (Wildman–Crippen LogP) is 2.15. The van der Waals surface area contributed by atoms with Crippen molar-refractivity contribution >= 4 is 11.6 Å². The molecule has 1 aromatic carbocycles. The number of carbonyl (C=O) groups is 1. The summed E-state index contributed by atoms with van der Waals surface area (Å²) in [6, 6.07) is 7.42. The second-order valence-corrected chi connectivity index (χ2v) is 5.13. The Morgan fingerprint density at radius 2 is 2.00 bits per heavy atom. The molecule has 0 aromatic heterocycles. The molecule has 4 nitrogen and oxygen atoms in total. The van der Waals surface area contributed by atoms with E-state index in [-0.39, 0.29) is 17.4 Å². The van der Waals surface area contributed by atoms with Gasteiger partial charge >= 0.3 is 0 Å². The molecule has 0 heterocycles. The number of anilines is 1. The van der Waals surface area contributed by atoms with E-state index in [2.05, 4.69) is 5.32 Å². The molecule has 0 unspecified atom stereocenters. The van der Waals surface area contributed by atoms with E-state index < -0.39 is 0 Å². The van der Waals surface area contributed by atoms with Gasteiger partial charge in [0.05, 0.1) is 11.5 Å². The van der Waals surface area contributed by atoms with Crippen LogP contribution in [0.15, 0.2) is 24.3 Å². The van der Waals surface area contributed by atoms with E-state index >= 15 is 0 Å². The second kappa shape index (κ2) is 4.98. The van der Waals surface area contributed by atoms with Crippen molar-refractivity contribution in [3.63, 3.8) is 0 Å². The van der Waals surface area contributed by atoms with Crippen LogP contribution in [0.25, 0.3) is 0 Å². The molecule has 1 fully saturated rings. The van der Waals surface area contributed by atoms with Crippen LogP contribution in [0.1, 0.15) is 26.7 Å². The zero-order chi connectivity index (χ0) is 13.2. The number of nitrogens with one attached hydrogen (secondary N) is 1. The molecule has 98 valence electrons. The predicted molar refractivity (Wildman–Crippen MR) is 71.6 cm³/mol. The lowest BCUT2D eigenvalue weighted by Gasteiger charge is -2.14. The molecule has 1 aromatic rings. The van der Waals surface area contributed by atoms with Crippen LogP contribution in [-0.4, -0.2) is 18.6 Å². The molecule has 0 aliphatic heterocycles. The minimum atomic E-state index is -0.312. The first-order valence-corrected chi connectivity index (χ1v) is 6.34. The Balaban J connectivity index is 1.96. The minimum absolute atomic E-state index is 0.0301. The van der Waals surface area contributed by atoms with Crippen LogP contribution < -0.4 is 15.8 Å². The third-order valence-electron chi connectivity index (χ3n) is 3.21. The van der Waals surface area contributed by atoms with Crippen molar-refractivity contribution in [3.8, 4) is 5.75 Å². The first-order chi connectivity index (χ1) is 8.55. The van der Waals surface area contributed by atoms with Crippen molar-refractivity contribution in [1.82, 2.24) is 0 Å². The second-order valence-electron chi connectivity index (χ2n) is 5.13. The highest BCUT2D eigenvalue weighted by Crippen LogP contribution is 2.45. The standard InChI is InChI=1S/C14H20N2O2/c1-10(2)18-12-5-3-11(4-6-12)16-13(17)14(9-15)7-8-14/h3-6,10H,7-9,15H2,1-2H3,(H,16,17). The van der Waals surface area contributed by atoms with E-state index in [1.165, 1.54) is 0 Å².